The van der Waals surface area contributed by atoms with Gasteiger partial charge in [-0.2, -0.15) is 0 Å². The molecule has 0 spiro atoms. The summed E-state index contributed by atoms with van der Waals surface area (Å²) in [6, 6.07) is 8.25. The molecule has 6 rings (SSSR count). The van der Waals surface area contributed by atoms with E-state index in [4.69, 9.17) is 9.47 Å². The molecule has 4 aliphatic rings. The van der Waals surface area contributed by atoms with E-state index < -0.39 is 11.9 Å². The molecule has 2 aromatic rings. The van der Waals surface area contributed by atoms with Crippen molar-refractivity contribution < 1.29 is 29.0 Å². The number of benzene rings is 1. The van der Waals surface area contributed by atoms with Crippen molar-refractivity contribution in [2.45, 2.75) is 51.2 Å². The lowest BCUT2D eigenvalue weighted by atomic mass is 9.64. The van der Waals surface area contributed by atoms with Gasteiger partial charge in [0.2, 0.25) is 0 Å². The lowest BCUT2D eigenvalue weighted by Gasteiger charge is -2.44. The van der Waals surface area contributed by atoms with Gasteiger partial charge in [0.1, 0.15) is 18.0 Å². The molecule has 7 nitrogen and oxygen atoms in total. The Morgan fingerprint density at radius 1 is 1.19 bits per heavy atom. The lowest BCUT2D eigenvalue weighted by molar-refractivity contribution is -0.147. The number of carboxylic acid groups (broad SMARTS) is 1. The molecule has 36 heavy (non-hydrogen) atoms. The largest absolute Gasteiger partial charge is 0.489 e. The van der Waals surface area contributed by atoms with Gasteiger partial charge in [0, 0.05) is 54.8 Å². The van der Waals surface area contributed by atoms with E-state index in [-0.39, 0.29) is 54.1 Å². The highest BCUT2D eigenvalue weighted by Gasteiger charge is 2.58. The molecule has 0 saturated heterocycles. The number of ketones is 1. The maximum atomic E-state index is 12.7. The second-order valence-corrected chi connectivity index (χ2v) is 10.5. The number of pyridine rings is 1. The van der Waals surface area contributed by atoms with Crippen LogP contribution in [-0.4, -0.2) is 40.0 Å². The maximum Gasteiger partial charge on any atom is 0.307 e. The molecule has 1 aromatic heterocycles. The van der Waals surface area contributed by atoms with E-state index in [1.807, 2.05) is 30.5 Å². The normalized spacial score (nSPS) is 32.8. The van der Waals surface area contributed by atoms with Crippen molar-refractivity contribution in [2.24, 2.45) is 17.3 Å². The first-order valence-electron chi connectivity index (χ1n) is 12.3. The number of aliphatic carboxylic acids is 1. The first kappa shape index (κ1) is 22.7. The lowest BCUT2D eigenvalue weighted by Crippen LogP contribution is -2.41. The van der Waals surface area contributed by atoms with Gasteiger partial charge in [-0.1, -0.05) is 37.3 Å². The van der Waals surface area contributed by atoms with Crippen LogP contribution in [0.4, 0.5) is 0 Å². The number of fused-ring (bicyclic) bond motifs is 4. The van der Waals surface area contributed by atoms with Crippen LogP contribution in [0.25, 0.3) is 10.8 Å². The van der Waals surface area contributed by atoms with Crippen molar-refractivity contribution in [3.05, 3.63) is 77.4 Å². The third-order valence-corrected chi connectivity index (χ3v) is 8.39. The number of hydrogen-bond donors (Lipinski definition) is 1. The van der Waals surface area contributed by atoms with E-state index in [2.05, 4.69) is 30.1 Å². The van der Waals surface area contributed by atoms with E-state index in [9.17, 15) is 19.5 Å². The summed E-state index contributed by atoms with van der Waals surface area (Å²) in [6.45, 7) is 3.61. The van der Waals surface area contributed by atoms with Crippen molar-refractivity contribution in [2.75, 3.05) is 0 Å². The summed E-state index contributed by atoms with van der Waals surface area (Å²) < 4.78 is 12.4. The first-order chi connectivity index (χ1) is 17.2. The van der Waals surface area contributed by atoms with E-state index in [1.165, 1.54) is 6.92 Å². The van der Waals surface area contributed by atoms with Crippen molar-refractivity contribution in [3.8, 4) is 0 Å². The number of rotatable bonds is 3. The minimum atomic E-state index is -0.982. The summed E-state index contributed by atoms with van der Waals surface area (Å²) >= 11 is 0. The predicted octanol–water partition coefficient (Wildman–Crippen LogP) is 4.49. The van der Waals surface area contributed by atoms with Crippen LogP contribution >= 0.6 is 0 Å². The summed E-state index contributed by atoms with van der Waals surface area (Å²) in [5.41, 5.74) is 2.09. The molecule has 184 valence electrons. The number of carbonyl (C=O) groups excluding carboxylic acids is 2. The number of hydrogen-bond acceptors (Lipinski definition) is 6. The third kappa shape index (κ3) is 3.48. The van der Waals surface area contributed by atoms with Gasteiger partial charge >= 0.3 is 11.9 Å². The summed E-state index contributed by atoms with van der Waals surface area (Å²) in [4.78, 5) is 40.6. The average molecular weight is 486 g/mol. The number of Topliss-reactive ketones (excluding diaryl/α,β-unsaturated/α-hetero) is 1. The Kier molecular flexibility index (Phi) is 5.14. The molecule has 1 saturated carbocycles. The number of esters is 1. The van der Waals surface area contributed by atoms with Crippen LogP contribution in [0.1, 0.15) is 44.6 Å². The molecule has 0 radical (unpaired) electrons. The summed E-state index contributed by atoms with van der Waals surface area (Å²) in [5.74, 6) is -1.92. The Labute approximate surface area is 208 Å². The number of ether oxygens (including phenoxy) is 2. The molecule has 7 heteroatoms. The Hall–Kier alpha value is -3.74. The average Bonchev–Trinajstić information content (AvgIpc) is 3.14. The molecule has 2 unspecified atom stereocenters. The number of aromatic nitrogens is 1. The second kappa shape index (κ2) is 8.15. The molecular formula is C29H27NO6. The molecule has 2 heterocycles. The predicted molar refractivity (Wildman–Crippen MR) is 131 cm³/mol. The number of allylic oxidation sites excluding steroid dienone is 4. The van der Waals surface area contributed by atoms with Gasteiger partial charge in [-0.05, 0) is 35.1 Å². The van der Waals surface area contributed by atoms with Crippen molar-refractivity contribution >= 4 is 28.5 Å². The third-order valence-electron chi connectivity index (χ3n) is 8.39. The molecule has 0 bridgehead atoms. The van der Waals surface area contributed by atoms with Crippen LogP contribution in [0.3, 0.4) is 0 Å². The quantitative estimate of drug-likeness (QED) is 0.639. The van der Waals surface area contributed by atoms with E-state index in [0.717, 1.165) is 21.9 Å². The Balaban J connectivity index is 1.41. The van der Waals surface area contributed by atoms with Crippen molar-refractivity contribution in [1.82, 2.24) is 4.98 Å². The molecule has 1 fully saturated rings. The highest BCUT2D eigenvalue weighted by molar-refractivity contribution is 6.02. The van der Waals surface area contributed by atoms with Gasteiger partial charge in [-0.15, -0.1) is 0 Å². The number of carbonyl (C=O) groups is 3. The van der Waals surface area contributed by atoms with Gasteiger partial charge in [-0.25, -0.2) is 0 Å². The molecule has 1 aromatic carbocycles. The summed E-state index contributed by atoms with van der Waals surface area (Å²) in [6.07, 6.45) is 9.77. The van der Waals surface area contributed by atoms with Crippen LogP contribution < -0.4 is 0 Å². The number of carboxylic acids is 1. The Morgan fingerprint density at radius 2 is 2.03 bits per heavy atom. The number of nitrogens with zero attached hydrogens (tertiary/aromatic N) is 1. The zero-order valence-electron chi connectivity index (χ0n) is 20.1. The van der Waals surface area contributed by atoms with Crippen LogP contribution in [0, 0.1) is 17.3 Å². The smallest absolute Gasteiger partial charge is 0.307 e. The minimum absolute atomic E-state index is 0.00901. The molecular weight excluding hydrogens is 458 g/mol. The topological polar surface area (TPSA) is 103 Å². The van der Waals surface area contributed by atoms with Gasteiger partial charge in [0.25, 0.3) is 0 Å². The Morgan fingerprint density at radius 3 is 2.81 bits per heavy atom. The maximum absolute atomic E-state index is 12.7. The fourth-order valence-electron chi connectivity index (χ4n) is 6.69. The van der Waals surface area contributed by atoms with Gasteiger partial charge in [0.15, 0.2) is 5.78 Å². The zero-order chi connectivity index (χ0) is 25.2. The van der Waals surface area contributed by atoms with E-state index in [1.54, 1.807) is 6.20 Å². The highest BCUT2D eigenvalue weighted by atomic mass is 16.5. The fraction of sp³-hybridized carbons (Fsp3) is 0.379. The minimum Gasteiger partial charge on any atom is -0.489 e. The first-order valence-corrected chi connectivity index (χ1v) is 12.3. The van der Waals surface area contributed by atoms with Crippen LogP contribution in [0.15, 0.2) is 71.8 Å². The SMILES string of the molecule is CC(=O)OC1C[C@H]2[C@@H]3OC4=C(C=C3C=C[C@]2(C)[C@H]1c1ccc2cnccc2c1)C(=O)CC(C(=O)O)C4. The summed E-state index contributed by atoms with van der Waals surface area (Å²) in [7, 11) is 0. The molecule has 3 aliphatic carbocycles. The van der Waals surface area contributed by atoms with Gasteiger partial charge in [-0.3, -0.25) is 19.4 Å². The van der Waals surface area contributed by atoms with Gasteiger partial charge < -0.3 is 14.6 Å². The molecule has 1 N–H and O–H groups in total. The van der Waals surface area contributed by atoms with Crippen LogP contribution in [0.5, 0.6) is 0 Å². The second-order valence-electron chi connectivity index (χ2n) is 10.5. The highest BCUT2D eigenvalue weighted by Crippen LogP contribution is 2.60. The van der Waals surface area contributed by atoms with Crippen molar-refractivity contribution in [1.29, 1.82) is 0 Å². The fourth-order valence-corrected chi connectivity index (χ4v) is 6.69. The summed E-state index contributed by atoms with van der Waals surface area (Å²) in [5, 5.41) is 11.6. The monoisotopic (exact) mass is 485 g/mol. The van der Waals surface area contributed by atoms with Crippen molar-refractivity contribution in [3.63, 3.8) is 0 Å². The van der Waals surface area contributed by atoms with E-state index >= 15 is 0 Å². The van der Waals surface area contributed by atoms with Crippen LogP contribution in [0.2, 0.25) is 0 Å². The molecule has 6 atom stereocenters. The standard InChI is InChI=1S/C29H27NO6/c1-15(31)35-25-13-22-27-18(10-21-23(32)11-20(28(33)34)12-24(21)36-27)5-7-29(22,2)26(25)17-3-4-19-14-30-8-6-16(19)9-17/h3-10,14,20,22,25-27H,11-13H2,1-2H3,(H,33,34)/t20?,22-,25?,26-,27+,29-/m0/s1. The zero-order valence-corrected chi connectivity index (χ0v) is 20.1. The van der Waals surface area contributed by atoms with Gasteiger partial charge in [0.05, 0.1) is 11.5 Å². The molecule has 0 amide bonds. The van der Waals surface area contributed by atoms with Crippen LogP contribution in [-0.2, 0) is 23.9 Å². The molecule has 1 aliphatic heterocycles. The van der Waals surface area contributed by atoms with E-state index in [0.29, 0.717) is 17.8 Å². The Bertz CT molecular complexity index is 1400.